The van der Waals surface area contributed by atoms with Gasteiger partial charge in [0.15, 0.2) is 0 Å². The molecule has 0 radical (unpaired) electrons. The molecular formula is C19H26Si. The van der Waals surface area contributed by atoms with Crippen molar-refractivity contribution in [3.63, 3.8) is 0 Å². The van der Waals surface area contributed by atoms with Crippen molar-refractivity contribution in [2.45, 2.75) is 45.3 Å². The van der Waals surface area contributed by atoms with Crippen molar-refractivity contribution in [2.75, 3.05) is 0 Å². The van der Waals surface area contributed by atoms with E-state index in [2.05, 4.69) is 88.8 Å². The average Bonchev–Trinajstić information content (AvgIpc) is 2.47. The van der Waals surface area contributed by atoms with Crippen molar-refractivity contribution < 1.29 is 0 Å². The Hall–Kier alpha value is -1.34. The minimum Gasteiger partial charge on any atom is -0.0649 e. The Morgan fingerprint density at radius 3 is 1.75 bits per heavy atom. The molecule has 2 rings (SSSR count). The van der Waals surface area contributed by atoms with Crippen LogP contribution in [0.2, 0.25) is 17.6 Å². The minimum absolute atomic E-state index is 0.743. The van der Waals surface area contributed by atoms with Gasteiger partial charge in [0.25, 0.3) is 0 Å². The zero-order valence-electron chi connectivity index (χ0n) is 13.4. The van der Waals surface area contributed by atoms with Crippen LogP contribution >= 0.6 is 0 Å². The fourth-order valence-corrected chi connectivity index (χ4v) is 6.95. The molecule has 0 nitrogen and oxygen atoms in total. The summed E-state index contributed by atoms with van der Waals surface area (Å²) in [6.07, 6.45) is 0. The molecule has 1 heteroatoms. The molecule has 0 bridgehead atoms. The molecule has 0 atom stereocenters. The summed E-state index contributed by atoms with van der Waals surface area (Å²) in [6, 6.07) is 19.9. The van der Waals surface area contributed by atoms with Crippen LogP contribution in [0.1, 0.15) is 27.7 Å². The first-order valence-electron chi connectivity index (χ1n) is 7.62. The van der Waals surface area contributed by atoms with E-state index in [1.807, 2.05) is 0 Å². The van der Waals surface area contributed by atoms with Crippen LogP contribution in [0.4, 0.5) is 0 Å². The summed E-state index contributed by atoms with van der Waals surface area (Å²) >= 11 is 0. The molecular weight excluding hydrogens is 256 g/mol. The molecule has 0 unspecified atom stereocenters. The lowest BCUT2D eigenvalue weighted by molar-refractivity contribution is 0.917. The van der Waals surface area contributed by atoms with E-state index in [0.29, 0.717) is 0 Å². The van der Waals surface area contributed by atoms with E-state index in [4.69, 9.17) is 0 Å². The lowest BCUT2D eigenvalue weighted by atomic mass is 10.1. The summed E-state index contributed by atoms with van der Waals surface area (Å²) < 4.78 is 0. The number of rotatable bonds is 4. The van der Waals surface area contributed by atoms with E-state index in [1.165, 1.54) is 11.1 Å². The quantitative estimate of drug-likeness (QED) is 0.653. The molecule has 0 aliphatic carbocycles. The van der Waals surface area contributed by atoms with Crippen molar-refractivity contribution >= 4 is 13.3 Å². The Balaban J connectivity index is 2.64. The van der Waals surface area contributed by atoms with E-state index >= 15 is 0 Å². The van der Waals surface area contributed by atoms with Gasteiger partial charge in [-0.25, -0.2) is 0 Å². The summed E-state index contributed by atoms with van der Waals surface area (Å²) in [5.41, 5.74) is 4.27. The zero-order chi connectivity index (χ0) is 14.8. The molecule has 0 fully saturated rings. The summed E-state index contributed by atoms with van der Waals surface area (Å²) in [4.78, 5) is 0. The van der Waals surface area contributed by atoms with Gasteiger partial charge in [0.1, 0.15) is 0 Å². The van der Waals surface area contributed by atoms with Crippen molar-refractivity contribution in [1.29, 1.82) is 0 Å². The molecule has 2 aromatic rings. The number of hydrogen-bond acceptors (Lipinski definition) is 0. The SMILES string of the molecule is CC(C)[Si](C)(c1ccccc1-c1ccccc1)C(C)C. The Morgan fingerprint density at radius 2 is 1.20 bits per heavy atom. The van der Waals surface area contributed by atoms with Crippen LogP contribution in [0, 0.1) is 0 Å². The van der Waals surface area contributed by atoms with Gasteiger partial charge < -0.3 is 0 Å². The molecule has 2 aromatic carbocycles. The molecule has 0 aromatic heterocycles. The van der Waals surface area contributed by atoms with Crippen molar-refractivity contribution in [3.05, 3.63) is 54.6 Å². The van der Waals surface area contributed by atoms with E-state index in [-0.39, 0.29) is 0 Å². The third kappa shape index (κ3) is 2.60. The Labute approximate surface area is 124 Å². The second-order valence-electron chi connectivity index (χ2n) is 6.50. The molecule has 0 aliphatic rings. The lowest BCUT2D eigenvalue weighted by Crippen LogP contribution is -2.51. The molecule has 0 spiro atoms. The first-order valence-corrected chi connectivity index (χ1v) is 10.3. The van der Waals surface area contributed by atoms with Crippen LogP contribution in [-0.2, 0) is 0 Å². The van der Waals surface area contributed by atoms with Gasteiger partial charge in [-0.3, -0.25) is 0 Å². The third-order valence-corrected chi connectivity index (χ3v) is 11.4. The molecule has 0 saturated heterocycles. The molecule has 0 amide bonds. The van der Waals surface area contributed by atoms with Gasteiger partial charge in [-0.2, -0.15) is 0 Å². The zero-order valence-corrected chi connectivity index (χ0v) is 14.4. The van der Waals surface area contributed by atoms with Crippen LogP contribution in [0.5, 0.6) is 0 Å². The van der Waals surface area contributed by atoms with Gasteiger partial charge in [-0.15, -0.1) is 0 Å². The van der Waals surface area contributed by atoms with Gasteiger partial charge >= 0.3 is 0 Å². The smallest absolute Gasteiger partial charge is 0.0649 e. The monoisotopic (exact) mass is 282 g/mol. The maximum atomic E-state index is 2.55. The third-order valence-electron chi connectivity index (χ3n) is 4.99. The maximum Gasteiger partial charge on any atom is 0.0895 e. The topological polar surface area (TPSA) is 0 Å². The van der Waals surface area contributed by atoms with Gasteiger partial charge in [0.05, 0.1) is 8.07 Å². The molecule has 0 heterocycles. The minimum atomic E-state index is -1.51. The first-order chi connectivity index (χ1) is 9.48. The highest BCUT2D eigenvalue weighted by molar-refractivity contribution is 6.93. The lowest BCUT2D eigenvalue weighted by Gasteiger charge is -2.38. The summed E-state index contributed by atoms with van der Waals surface area (Å²) in [7, 11) is -1.51. The molecule has 20 heavy (non-hydrogen) atoms. The molecule has 0 aliphatic heterocycles. The summed E-state index contributed by atoms with van der Waals surface area (Å²) in [5.74, 6) is 0. The van der Waals surface area contributed by atoms with Crippen molar-refractivity contribution in [3.8, 4) is 11.1 Å². The molecule has 0 N–H and O–H groups in total. The summed E-state index contributed by atoms with van der Waals surface area (Å²) in [6.45, 7) is 12.1. The van der Waals surface area contributed by atoms with Crippen LogP contribution in [0.15, 0.2) is 54.6 Å². The van der Waals surface area contributed by atoms with E-state index < -0.39 is 8.07 Å². The first kappa shape index (κ1) is 15.1. The highest BCUT2D eigenvalue weighted by atomic mass is 28.3. The van der Waals surface area contributed by atoms with E-state index in [1.54, 1.807) is 5.19 Å². The summed E-state index contributed by atoms with van der Waals surface area (Å²) in [5, 5.41) is 1.61. The van der Waals surface area contributed by atoms with Gasteiger partial charge in [-0.05, 0) is 22.2 Å². The van der Waals surface area contributed by atoms with Gasteiger partial charge in [0, 0.05) is 0 Å². The number of benzene rings is 2. The maximum absolute atomic E-state index is 2.55. The van der Waals surface area contributed by atoms with Crippen molar-refractivity contribution in [2.24, 2.45) is 0 Å². The van der Waals surface area contributed by atoms with E-state index in [9.17, 15) is 0 Å². The van der Waals surface area contributed by atoms with Crippen LogP contribution in [-0.4, -0.2) is 8.07 Å². The molecule has 0 saturated carbocycles. The van der Waals surface area contributed by atoms with Crippen LogP contribution in [0.25, 0.3) is 11.1 Å². The fourth-order valence-electron chi connectivity index (χ4n) is 3.11. The Morgan fingerprint density at radius 1 is 0.700 bits per heavy atom. The second kappa shape index (κ2) is 5.97. The standard InChI is InChI=1S/C19H26Si/c1-15(2)20(5,16(3)4)19-14-10-9-13-18(19)17-11-7-6-8-12-17/h6-16H,1-5H3. The highest BCUT2D eigenvalue weighted by Gasteiger charge is 2.37. The van der Waals surface area contributed by atoms with Gasteiger partial charge in [0.2, 0.25) is 0 Å². The number of hydrogen-bond donors (Lipinski definition) is 0. The van der Waals surface area contributed by atoms with Crippen LogP contribution in [0.3, 0.4) is 0 Å². The fraction of sp³-hybridized carbons (Fsp3) is 0.368. The van der Waals surface area contributed by atoms with Crippen LogP contribution < -0.4 is 5.19 Å². The van der Waals surface area contributed by atoms with E-state index in [0.717, 1.165) is 11.1 Å². The Bertz CT molecular complexity index is 547. The average molecular weight is 283 g/mol. The molecule has 106 valence electrons. The largest absolute Gasteiger partial charge is 0.0895 e. The second-order valence-corrected chi connectivity index (χ2v) is 11.9. The predicted molar refractivity (Wildman–Crippen MR) is 93.3 cm³/mol. The van der Waals surface area contributed by atoms with Gasteiger partial charge in [-0.1, -0.05) is 94.0 Å². The predicted octanol–water partition coefficient (Wildman–Crippen LogP) is 5.46. The normalized spacial score (nSPS) is 12.2. The Kier molecular flexibility index (Phi) is 4.49. The highest BCUT2D eigenvalue weighted by Crippen LogP contribution is 2.34. The van der Waals surface area contributed by atoms with Crippen molar-refractivity contribution in [1.82, 2.24) is 0 Å².